The Labute approximate surface area is 149 Å². The molecule has 1 aromatic rings. The van der Waals surface area contributed by atoms with Crippen LogP contribution in [0.1, 0.15) is 68.5 Å². The normalized spacial score (nSPS) is 20.9. The summed E-state index contributed by atoms with van der Waals surface area (Å²) < 4.78 is 1.79. The average molecular weight is 346 g/mol. The lowest BCUT2D eigenvalue weighted by molar-refractivity contribution is -0.137. The Morgan fingerprint density at radius 1 is 1.24 bits per heavy atom. The standard InChI is InChI=1S/C19H30N4O2/c1-22-12-16-15(8-5-9-17(16)21-22)19(25)23(13-18(20)24)11-10-14-6-3-2-4-7-14/h12,14-15H,2-11,13H2,1H3,(H2,20,24)/t15-/m1/s1. The second-order valence-electron chi connectivity index (χ2n) is 7.67. The molecule has 1 fully saturated rings. The fraction of sp³-hybridized carbons (Fsp3) is 0.737. The molecule has 0 aromatic carbocycles. The number of amides is 2. The Bertz CT molecular complexity index is 619. The molecular formula is C19H30N4O2. The third-order valence-corrected chi connectivity index (χ3v) is 5.71. The summed E-state index contributed by atoms with van der Waals surface area (Å²) >= 11 is 0. The monoisotopic (exact) mass is 346 g/mol. The Hall–Kier alpha value is -1.85. The van der Waals surface area contributed by atoms with Gasteiger partial charge in [-0.3, -0.25) is 14.3 Å². The number of primary amides is 1. The molecule has 2 aliphatic carbocycles. The molecule has 1 saturated carbocycles. The summed E-state index contributed by atoms with van der Waals surface area (Å²) in [6.45, 7) is 0.663. The van der Waals surface area contributed by atoms with Crippen LogP contribution in [0, 0.1) is 5.92 Å². The molecule has 6 heteroatoms. The van der Waals surface area contributed by atoms with Crippen LogP contribution < -0.4 is 5.73 Å². The predicted molar refractivity (Wildman–Crippen MR) is 95.9 cm³/mol. The first kappa shape index (κ1) is 18.0. The molecule has 1 heterocycles. The molecule has 2 aliphatic rings. The zero-order chi connectivity index (χ0) is 17.8. The van der Waals surface area contributed by atoms with Crippen LogP contribution >= 0.6 is 0 Å². The fourth-order valence-electron chi connectivity index (χ4n) is 4.41. The molecule has 0 radical (unpaired) electrons. The highest BCUT2D eigenvalue weighted by Crippen LogP contribution is 2.33. The number of aryl methyl sites for hydroxylation is 2. The van der Waals surface area contributed by atoms with Crippen molar-refractivity contribution in [2.24, 2.45) is 18.7 Å². The van der Waals surface area contributed by atoms with Crippen LogP contribution in [0.4, 0.5) is 0 Å². The summed E-state index contributed by atoms with van der Waals surface area (Å²) in [6, 6.07) is 0. The molecule has 25 heavy (non-hydrogen) atoms. The first-order valence-electron chi connectivity index (χ1n) is 9.64. The quantitative estimate of drug-likeness (QED) is 0.857. The second-order valence-corrected chi connectivity index (χ2v) is 7.67. The minimum absolute atomic E-state index is 0.0254. The Morgan fingerprint density at radius 3 is 2.72 bits per heavy atom. The minimum atomic E-state index is -0.431. The maximum Gasteiger partial charge on any atom is 0.237 e. The van der Waals surface area contributed by atoms with Crippen molar-refractivity contribution in [3.63, 3.8) is 0 Å². The maximum absolute atomic E-state index is 13.2. The molecule has 0 spiro atoms. The van der Waals surface area contributed by atoms with Crippen molar-refractivity contribution in [2.75, 3.05) is 13.1 Å². The Kier molecular flexibility index (Phi) is 5.76. The molecule has 2 N–H and O–H groups in total. The van der Waals surface area contributed by atoms with Crippen LogP contribution in [0.15, 0.2) is 6.20 Å². The van der Waals surface area contributed by atoms with Gasteiger partial charge in [-0.05, 0) is 31.6 Å². The van der Waals surface area contributed by atoms with Gasteiger partial charge in [0, 0.05) is 25.4 Å². The molecule has 0 bridgehead atoms. The van der Waals surface area contributed by atoms with Gasteiger partial charge in [-0.25, -0.2) is 0 Å². The van der Waals surface area contributed by atoms with Crippen LogP contribution in [-0.2, 0) is 23.1 Å². The summed E-state index contributed by atoms with van der Waals surface area (Å²) in [4.78, 5) is 26.4. The van der Waals surface area contributed by atoms with E-state index < -0.39 is 5.91 Å². The van der Waals surface area contributed by atoms with Crippen LogP contribution in [0.3, 0.4) is 0 Å². The zero-order valence-electron chi connectivity index (χ0n) is 15.2. The van der Waals surface area contributed by atoms with E-state index >= 15 is 0 Å². The Balaban J connectivity index is 1.69. The fourth-order valence-corrected chi connectivity index (χ4v) is 4.41. The highest BCUT2D eigenvalue weighted by Gasteiger charge is 2.32. The van der Waals surface area contributed by atoms with Crippen molar-refractivity contribution in [3.05, 3.63) is 17.5 Å². The molecule has 138 valence electrons. The zero-order valence-corrected chi connectivity index (χ0v) is 15.2. The summed E-state index contributed by atoms with van der Waals surface area (Å²) in [7, 11) is 1.89. The van der Waals surface area contributed by atoms with E-state index in [-0.39, 0.29) is 18.4 Å². The summed E-state index contributed by atoms with van der Waals surface area (Å²) in [5, 5.41) is 4.48. The number of aromatic nitrogens is 2. The van der Waals surface area contributed by atoms with E-state index in [1.165, 1.54) is 32.1 Å². The van der Waals surface area contributed by atoms with Gasteiger partial charge >= 0.3 is 0 Å². The van der Waals surface area contributed by atoms with Crippen molar-refractivity contribution in [3.8, 4) is 0 Å². The third-order valence-electron chi connectivity index (χ3n) is 5.71. The lowest BCUT2D eigenvalue weighted by Gasteiger charge is -2.30. The van der Waals surface area contributed by atoms with Gasteiger partial charge in [0.15, 0.2) is 0 Å². The van der Waals surface area contributed by atoms with Gasteiger partial charge in [0.25, 0.3) is 0 Å². The lowest BCUT2D eigenvalue weighted by Crippen LogP contribution is -2.42. The van der Waals surface area contributed by atoms with Gasteiger partial charge in [0.1, 0.15) is 0 Å². The first-order valence-corrected chi connectivity index (χ1v) is 9.64. The van der Waals surface area contributed by atoms with Gasteiger partial charge in [0.05, 0.1) is 18.2 Å². The third kappa shape index (κ3) is 4.41. The van der Waals surface area contributed by atoms with Crippen molar-refractivity contribution in [2.45, 2.75) is 63.7 Å². The van der Waals surface area contributed by atoms with E-state index in [1.54, 1.807) is 9.58 Å². The van der Waals surface area contributed by atoms with E-state index in [4.69, 9.17) is 5.73 Å². The number of nitrogens with zero attached hydrogens (tertiary/aromatic N) is 3. The van der Waals surface area contributed by atoms with E-state index in [0.29, 0.717) is 12.5 Å². The van der Waals surface area contributed by atoms with E-state index in [1.807, 2.05) is 13.2 Å². The van der Waals surface area contributed by atoms with Crippen LogP contribution in [-0.4, -0.2) is 39.6 Å². The van der Waals surface area contributed by atoms with Gasteiger partial charge in [-0.1, -0.05) is 32.1 Å². The lowest BCUT2D eigenvalue weighted by atomic mass is 9.85. The predicted octanol–water partition coefficient (Wildman–Crippen LogP) is 2.12. The molecule has 1 aromatic heterocycles. The van der Waals surface area contributed by atoms with E-state index in [9.17, 15) is 9.59 Å². The number of hydrogen-bond acceptors (Lipinski definition) is 3. The van der Waals surface area contributed by atoms with Gasteiger partial charge < -0.3 is 10.6 Å². The van der Waals surface area contributed by atoms with Gasteiger partial charge in [0.2, 0.25) is 11.8 Å². The van der Waals surface area contributed by atoms with Crippen molar-refractivity contribution in [1.29, 1.82) is 0 Å². The van der Waals surface area contributed by atoms with Crippen LogP contribution in [0.2, 0.25) is 0 Å². The smallest absolute Gasteiger partial charge is 0.237 e. The number of hydrogen-bond donors (Lipinski definition) is 1. The minimum Gasteiger partial charge on any atom is -0.368 e. The van der Waals surface area contributed by atoms with Crippen molar-refractivity contribution in [1.82, 2.24) is 14.7 Å². The molecule has 0 aliphatic heterocycles. The number of rotatable bonds is 6. The number of carbonyl (C=O) groups is 2. The van der Waals surface area contributed by atoms with Crippen LogP contribution in [0.25, 0.3) is 0 Å². The maximum atomic E-state index is 13.2. The highest BCUT2D eigenvalue weighted by atomic mass is 16.2. The number of fused-ring (bicyclic) bond motifs is 1. The molecule has 2 amide bonds. The summed E-state index contributed by atoms with van der Waals surface area (Å²) in [6.07, 6.45) is 12.1. The molecule has 1 atom stereocenters. The van der Waals surface area contributed by atoms with Gasteiger partial charge in [-0.15, -0.1) is 0 Å². The average Bonchev–Trinajstić information content (AvgIpc) is 2.98. The molecule has 0 unspecified atom stereocenters. The number of nitrogens with two attached hydrogens (primary N) is 1. The largest absolute Gasteiger partial charge is 0.368 e. The molecule has 3 rings (SSSR count). The number of carbonyl (C=O) groups excluding carboxylic acids is 2. The summed E-state index contributed by atoms with van der Waals surface area (Å²) in [5.74, 6) is 0.114. The molecule has 0 saturated heterocycles. The van der Waals surface area contributed by atoms with E-state index in [0.717, 1.165) is 36.9 Å². The first-order chi connectivity index (χ1) is 12.0. The van der Waals surface area contributed by atoms with Crippen molar-refractivity contribution < 1.29 is 9.59 Å². The Morgan fingerprint density at radius 2 is 2.00 bits per heavy atom. The summed E-state index contributed by atoms with van der Waals surface area (Å²) in [5.41, 5.74) is 7.48. The molecule has 6 nitrogen and oxygen atoms in total. The van der Waals surface area contributed by atoms with Crippen LogP contribution in [0.5, 0.6) is 0 Å². The SMILES string of the molecule is Cn1cc2c(n1)CCC[C@H]2C(=O)N(CCC1CCCCC1)CC(N)=O. The van der Waals surface area contributed by atoms with Gasteiger partial charge in [-0.2, -0.15) is 5.10 Å². The highest BCUT2D eigenvalue weighted by molar-refractivity contribution is 5.88. The van der Waals surface area contributed by atoms with E-state index in [2.05, 4.69) is 5.10 Å². The molecular weight excluding hydrogens is 316 g/mol. The topological polar surface area (TPSA) is 81.2 Å². The second kappa shape index (κ2) is 8.02. The van der Waals surface area contributed by atoms with Crippen molar-refractivity contribution >= 4 is 11.8 Å².